The lowest BCUT2D eigenvalue weighted by Gasteiger charge is -2.28. The second-order valence-corrected chi connectivity index (χ2v) is 7.45. The van der Waals surface area contributed by atoms with E-state index in [9.17, 15) is 14.9 Å². The molecular weight excluding hydrogens is 430 g/mol. The fourth-order valence-corrected chi connectivity index (χ4v) is 3.23. The molecule has 1 aliphatic heterocycles. The molecule has 0 spiro atoms. The summed E-state index contributed by atoms with van der Waals surface area (Å²) in [5, 5.41) is 11.6. The first-order valence-corrected chi connectivity index (χ1v) is 9.86. The van der Waals surface area contributed by atoms with Crippen LogP contribution in [0.25, 0.3) is 6.08 Å². The number of ketones is 1. The summed E-state index contributed by atoms with van der Waals surface area (Å²) in [4.78, 5) is 23.8. The Morgan fingerprint density at radius 1 is 1.12 bits per heavy atom. The van der Waals surface area contributed by atoms with Gasteiger partial charge in [0.2, 0.25) is 11.5 Å². The molecule has 9 heteroatoms. The quantitative estimate of drug-likeness (QED) is 0.203. The summed E-state index contributed by atoms with van der Waals surface area (Å²) in [7, 11) is 4.41. The number of fused-ring (bicyclic) bond motifs is 1. The Balaban J connectivity index is 1.86. The maximum absolute atomic E-state index is 12.8. The van der Waals surface area contributed by atoms with E-state index in [1.54, 1.807) is 44.2 Å². The number of rotatable bonds is 7. The fraction of sp³-hybridized carbons (Fsp3) is 0.292. The first-order valence-electron chi connectivity index (χ1n) is 9.86. The van der Waals surface area contributed by atoms with Crippen LogP contribution in [0.5, 0.6) is 28.7 Å². The van der Waals surface area contributed by atoms with Gasteiger partial charge < -0.3 is 23.7 Å². The molecule has 0 N–H and O–H groups in total. The molecule has 0 unspecified atom stereocenters. The van der Waals surface area contributed by atoms with Gasteiger partial charge in [0.15, 0.2) is 11.5 Å². The number of nitro groups is 1. The number of carbonyl (C=O) groups is 1. The number of hydrogen-bond acceptors (Lipinski definition) is 8. The molecular formula is C24H23NO8. The lowest BCUT2D eigenvalue weighted by atomic mass is 9.97. The van der Waals surface area contributed by atoms with Gasteiger partial charge in [0.05, 0.1) is 37.4 Å². The molecule has 0 saturated carbocycles. The van der Waals surface area contributed by atoms with Crippen molar-refractivity contribution in [3.8, 4) is 40.6 Å². The second-order valence-electron chi connectivity index (χ2n) is 7.45. The minimum Gasteiger partial charge on any atom is -0.495 e. The Bertz CT molecular complexity index is 1190. The standard InChI is InChI=1S/C24H23NO8/c1-24(2)11-10-16-22(31-5)17(14-18(25(27)28)23(16)33-24)19(26)7-6-12-32-15-8-9-20(29-3)21(13-15)30-4/h8-11,13-14H,12H2,1-5H3. The highest BCUT2D eigenvalue weighted by molar-refractivity contribution is 6.12. The molecule has 0 bridgehead atoms. The van der Waals surface area contributed by atoms with Gasteiger partial charge in [-0.2, -0.15) is 0 Å². The zero-order chi connectivity index (χ0) is 24.2. The largest absolute Gasteiger partial charge is 0.495 e. The summed E-state index contributed by atoms with van der Waals surface area (Å²) in [5.41, 5.74) is -0.794. The maximum Gasteiger partial charge on any atom is 0.312 e. The monoisotopic (exact) mass is 453 g/mol. The summed E-state index contributed by atoms with van der Waals surface area (Å²) < 4.78 is 27.1. The van der Waals surface area contributed by atoms with Crippen molar-refractivity contribution in [1.82, 2.24) is 0 Å². The zero-order valence-electron chi connectivity index (χ0n) is 18.9. The number of carbonyl (C=O) groups excluding carboxylic acids is 1. The Hall–Kier alpha value is -4.19. The van der Waals surface area contributed by atoms with E-state index in [2.05, 4.69) is 11.8 Å². The Kier molecular flexibility index (Phi) is 6.78. The van der Waals surface area contributed by atoms with Crippen LogP contribution >= 0.6 is 0 Å². The summed E-state index contributed by atoms with van der Waals surface area (Å²) in [5.74, 6) is 6.14. The van der Waals surface area contributed by atoms with Gasteiger partial charge in [0.25, 0.3) is 0 Å². The van der Waals surface area contributed by atoms with Crippen molar-refractivity contribution in [3.63, 3.8) is 0 Å². The van der Waals surface area contributed by atoms with E-state index in [0.717, 1.165) is 6.07 Å². The Morgan fingerprint density at radius 3 is 2.48 bits per heavy atom. The molecule has 0 amide bonds. The molecule has 0 aliphatic carbocycles. The number of benzene rings is 2. The summed E-state index contributed by atoms with van der Waals surface area (Å²) in [6, 6.07) is 6.11. The van der Waals surface area contributed by atoms with Crippen LogP contribution < -0.4 is 23.7 Å². The van der Waals surface area contributed by atoms with Crippen LogP contribution in [0.2, 0.25) is 0 Å². The molecule has 9 nitrogen and oxygen atoms in total. The van der Waals surface area contributed by atoms with Gasteiger partial charge >= 0.3 is 5.69 Å². The Labute approximate surface area is 191 Å². The Morgan fingerprint density at radius 2 is 1.85 bits per heavy atom. The van der Waals surface area contributed by atoms with Crippen LogP contribution in [-0.2, 0) is 0 Å². The predicted molar refractivity (Wildman–Crippen MR) is 121 cm³/mol. The second kappa shape index (κ2) is 9.53. The van der Waals surface area contributed by atoms with Gasteiger partial charge in [0, 0.05) is 12.1 Å². The van der Waals surface area contributed by atoms with E-state index < -0.39 is 16.3 Å². The lowest BCUT2D eigenvalue weighted by Crippen LogP contribution is -2.28. The van der Waals surface area contributed by atoms with Crippen molar-refractivity contribution < 1.29 is 33.4 Å². The molecule has 2 aromatic rings. The number of methoxy groups -OCH3 is 3. The number of nitrogens with zero attached hydrogens (tertiary/aromatic N) is 1. The predicted octanol–water partition coefficient (Wildman–Crippen LogP) is 4.07. The van der Waals surface area contributed by atoms with E-state index in [1.165, 1.54) is 21.3 Å². The van der Waals surface area contributed by atoms with Gasteiger partial charge in [-0.05, 0) is 44.1 Å². The van der Waals surface area contributed by atoms with Gasteiger partial charge in [0.1, 0.15) is 23.7 Å². The highest BCUT2D eigenvalue weighted by Gasteiger charge is 2.33. The van der Waals surface area contributed by atoms with Gasteiger partial charge in [-0.1, -0.05) is 5.92 Å². The van der Waals surface area contributed by atoms with E-state index >= 15 is 0 Å². The molecule has 0 aromatic heterocycles. The summed E-state index contributed by atoms with van der Waals surface area (Å²) in [6.07, 6.45) is 3.38. The molecule has 0 atom stereocenters. The van der Waals surface area contributed by atoms with Crippen molar-refractivity contribution in [3.05, 3.63) is 51.6 Å². The van der Waals surface area contributed by atoms with Gasteiger partial charge in [-0.3, -0.25) is 14.9 Å². The first kappa shape index (κ1) is 23.5. The third-order valence-corrected chi connectivity index (χ3v) is 4.78. The van der Waals surface area contributed by atoms with Crippen LogP contribution in [0, 0.1) is 22.0 Å². The molecule has 3 rings (SSSR count). The third-order valence-electron chi connectivity index (χ3n) is 4.78. The minimum absolute atomic E-state index is 0.0328. The zero-order valence-corrected chi connectivity index (χ0v) is 18.9. The third kappa shape index (κ3) is 5.01. The fourth-order valence-electron chi connectivity index (χ4n) is 3.23. The summed E-state index contributed by atoms with van der Waals surface area (Å²) in [6.45, 7) is 3.45. The van der Waals surface area contributed by atoms with Gasteiger partial charge in [-0.25, -0.2) is 0 Å². The van der Waals surface area contributed by atoms with E-state index in [0.29, 0.717) is 22.8 Å². The van der Waals surface area contributed by atoms with Crippen molar-refractivity contribution in [1.29, 1.82) is 0 Å². The van der Waals surface area contributed by atoms with Crippen LogP contribution in [-0.4, -0.2) is 44.2 Å². The number of Topliss-reactive ketones (excluding diaryl/α,β-unsaturated/α-hetero) is 1. The topological polar surface area (TPSA) is 106 Å². The van der Waals surface area contributed by atoms with E-state index in [4.69, 9.17) is 23.7 Å². The number of ether oxygens (including phenoxy) is 5. The minimum atomic E-state index is -0.740. The van der Waals surface area contributed by atoms with Gasteiger partial charge in [-0.15, -0.1) is 0 Å². The van der Waals surface area contributed by atoms with E-state index in [1.807, 2.05) is 0 Å². The molecule has 1 aliphatic rings. The molecule has 1 heterocycles. The average Bonchev–Trinajstić information content (AvgIpc) is 2.79. The normalized spacial score (nSPS) is 13.0. The van der Waals surface area contributed by atoms with Crippen LogP contribution in [0.3, 0.4) is 0 Å². The molecule has 33 heavy (non-hydrogen) atoms. The summed E-state index contributed by atoms with van der Waals surface area (Å²) >= 11 is 0. The first-order chi connectivity index (χ1) is 15.7. The molecule has 0 radical (unpaired) electrons. The van der Waals surface area contributed by atoms with Crippen molar-refractivity contribution in [2.45, 2.75) is 19.4 Å². The van der Waals surface area contributed by atoms with Crippen molar-refractivity contribution >= 4 is 17.5 Å². The smallest absolute Gasteiger partial charge is 0.312 e. The molecule has 0 fully saturated rings. The highest BCUT2D eigenvalue weighted by atomic mass is 16.6. The lowest BCUT2D eigenvalue weighted by molar-refractivity contribution is -0.386. The molecule has 0 saturated heterocycles. The van der Waals surface area contributed by atoms with E-state index in [-0.39, 0.29) is 29.4 Å². The van der Waals surface area contributed by atoms with Crippen molar-refractivity contribution in [2.75, 3.05) is 27.9 Å². The average molecular weight is 453 g/mol. The van der Waals surface area contributed by atoms with Crippen LogP contribution in [0.15, 0.2) is 30.3 Å². The number of nitro benzene ring substituents is 1. The molecule has 172 valence electrons. The van der Waals surface area contributed by atoms with Crippen LogP contribution in [0.1, 0.15) is 29.8 Å². The van der Waals surface area contributed by atoms with Crippen LogP contribution in [0.4, 0.5) is 5.69 Å². The highest BCUT2D eigenvalue weighted by Crippen LogP contribution is 2.45. The maximum atomic E-state index is 12.8. The SMILES string of the molecule is COc1ccc(OCC#CC(=O)c2cc([N+](=O)[O-])c3c(c2OC)C=CC(C)(C)O3)cc1OC. The van der Waals surface area contributed by atoms with Crippen molar-refractivity contribution in [2.24, 2.45) is 0 Å². The number of hydrogen-bond donors (Lipinski definition) is 0. The molecule has 2 aromatic carbocycles.